The smallest absolute Gasteiger partial charge is 0.326 e. The van der Waals surface area contributed by atoms with Crippen molar-refractivity contribution in [2.75, 3.05) is 32.2 Å². The predicted octanol–water partition coefficient (Wildman–Crippen LogP) is 0.787. The lowest BCUT2D eigenvalue weighted by atomic mass is 9.97. The number of thioether (sulfide) groups is 1. The molecule has 120 valence electrons. The van der Waals surface area contributed by atoms with Gasteiger partial charge in [0.15, 0.2) is 0 Å². The van der Waals surface area contributed by atoms with Crippen molar-refractivity contribution in [3.8, 4) is 0 Å². The fraction of sp³-hybridized carbons (Fsp3) is 0.769. The average molecular weight is 318 g/mol. The summed E-state index contributed by atoms with van der Waals surface area (Å²) in [6.45, 7) is 0.862. The quantitative estimate of drug-likeness (QED) is 0.703. The number of nitrogens with zero attached hydrogens (tertiary/aromatic N) is 1. The van der Waals surface area contributed by atoms with Crippen LogP contribution in [0.3, 0.4) is 0 Å². The second kappa shape index (κ2) is 8.76. The molecule has 0 spiro atoms. The van der Waals surface area contributed by atoms with Gasteiger partial charge in [0.05, 0.1) is 13.0 Å². The highest BCUT2D eigenvalue weighted by molar-refractivity contribution is 7.98. The fourth-order valence-electron chi connectivity index (χ4n) is 2.22. The van der Waals surface area contributed by atoms with Crippen molar-refractivity contribution in [2.45, 2.75) is 25.3 Å². The minimum atomic E-state index is -1.03. The van der Waals surface area contributed by atoms with Gasteiger partial charge in [0, 0.05) is 13.1 Å². The van der Waals surface area contributed by atoms with Crippen LogP contribution in [0.1, 0.15) is 19.3 Å². The maximum Gasteiger partial charge on any atom is 0.326 e. The largest absolute Gasteiger partial charge is 0.480 e. The molecule has 0 bridgehead atoms. The Hall–Kier alpha value is -1.44. The summed E-state index contributed by atoms with van der Waals surface area (Å²) in [5.74, 6) is -0.784. The third kappa shape index (κ3) is 5.45. The number of carboxylic acid groups (broad SMARTS) is 1. The molecular weight excluding hydrogens is 296 g/mol. The molecule has 0 radical (unpaired) electrons. The number of carbonyl (C=O) groups is 3. The first-order valence-electron chi connectivity index (χ1n) is 6.84. The maximum atomic E-state index is 12.1. The molecule has 8 heteroatoms. The summed E-state index contributed by atoms with van der Waals surface area (Å²) in [5.41, 5.74) is 0. The van der Waals surface area contributed by atoms with E-state index >= 15 is 0 Å². The highest BCUT2D eigenvalue weighted by Gasteiger charge is 2.29. The summed E-state index contributed by atoms with van der Waals surface area (Å²) in [7, 11) is 1.35. The Morgan fingerprint density at radius 2 is 2.00 bits per heavy atom. The Morgan fingerprint density at radius 1 is 1.38 bits per heavy atom. The van der Waals surface area contributed by atoms with Gasteiger partial charge in [-0.05, 0) is 31.3 Å². The minimum absolute atomic E-state index is 0.175. The van der Waals surface area contributed by atoms with E-state index in [0.717, 1.165) is 0 Å². The molecule has 1 rings (SSSR count). The first-order valence-corrected chi connectivity index (χ1v) is 8.24. The first-order chi connectivity index (χ1) is 9.99. The van der Waals surface area contributed by atoms with Gasteiger partial charge in [-0.3, -0.25) is 4.79 Å². The molecule has 0 aromatic rings. The molecule has 1 aliphatic heterocycles. The number of hydrogen-bond acceptors (Lipinski definition) is 5. The van der Waals surface area contributed by atoms with Crippen LogP contribution in [-0.2, 0) is 14.3 Å². The lowest BCUT2D eigenvalue weighted by Gasteiger charge is -2.31. The lowest BCUT2D eigenvalue weighted by Crippen LogP contribution is -2.50. The van der Waals surface area contributed by atoms with Crippen molar-refractivity contribution in [1.82, 2.24) is 10.2 Å². The number of urea groups is 1. The number of rotatable bonds is 6. The predicted molar refractivity (Wildman–Crippen MR) is 79.3 cm³/mol. The summed E-state index contributed by atoms with van der Waals surface area (Å²) < 4.78 is 4.69. The van der Waals surface area contributed by atoms with Gasteiger partial charge in [-0.2, -0.15) is 11.8 Å². The van der Waals surface area contributed by atoms with Crippen molar-refractivity contribution in [1.29, 1.82) is 0 Å². The molecule has 2 amide bonds. The second-order valence-electron chi connectivity index (χ2n) is 4.91. The number of ether oxygens (including phenoxy) is 1. The zero-order chi connectivity index (χ0) is 15.8. The van der Waals surface area contributed by atoms with E-state index in [4.69, 9.17) is 5.11 Å². The van der Waals surface area contributed by atoms with Gasteiger partial charge in [0.25, 0.3) is 0 Å². The normalized spacial score (nSPS) is 17.1. The number of amides is 2. The fourth-order valence-corrected chi connectivity index (χ4v) is 2.69. The van der Waals surface area contributed by atoms with Crippen LogP contribution in [0.25, 0.3) is 0 Å². The third-order valence-electron chi connectivity index (χ3n) is 3.52. The molecule has 0 aliphatic carbocycles. The number of methoxy groups -OCH3 is 1. The minimum Gasteiger partial charge on any atom is -0.480 e. The Balaban J connectivity index is 2.45. The highest BCUT2D eigenvalue weighted by atomic mass is 32.2. The summed E-state index contributed by atoms with van der Waals surface area (Å²) in [5, 5.41) is 11.6. The molecule has 1 aliphatic rings. The number of hydrogen-bond donors (Lipinski definition) is 2. The summed E-state index contributed by atoms with van der Waals surface area (Å²) >= 11 is 1.54. The van der Waals surface area contributed by atoms with Crippen LogP contribution in [-0.4, -0.2) is 66.2 Å². The summed E-state index contributed by atoms with van der Waals surface area (Å²) in [6.07, 6.45) is 3.37. The molecule has 0 saturated carbocycles. The number of aliphatic carboxylic acids is 1. The molecule has 1 heterocycles. The van der Waals surface area contributed by atoms with Crippen LogP contribution < -0.4 is 5.32 Å². The first kappa shape index (κ1) is 17.6. The number of nitrogens with one attached hydrogen (secondary N) is 1. The Morgan fingerprint density at radius 3 is 2.48 bits per heavy atom. The van der Waals surface area contributed by atoms with E-state index < -0.39 is 12.0 Å². The molecule has 1 fully saturated rings. The molecule has 1 atom stereocenters. The van der Waals surface area contributed by atoms with Crippen LogP contribution >= 0.6 is 11.8 Å². The van der Waals surface area contributed by atoms with Gasteiger partial charge < -0.3 is 20.1 Å². The van der Waals surface area contributed by atoms with Gasteiger partial charge in [0.1, 0.15) is 6.04 Å². The monoisotopic (exact) mass is 318 g/mol. The van der Waals surface area contributed by atoms with Crippen LogP contribution in [0.4, 0.5) is 4.79 Å². The molecule has 0 aromatic heterocycles. The van der Waals surface area contributed by atoms with Gasteiger partial charge >= 0.3 is 18.0 Å². The zero-order valence-electron chi connectivity index (χ0n) is 12.3. The van der Waals surface area contributed by atoms with Crippen LogP contribution in [0.2, 0.25) is 0 Å². The van der Waals surface area contributed by atoms with E-state index in [1.807, 2.05) is 6.26 Å². The average Bonchev–Trinajstić information content (AvgIpc) is 2.50. The standard InChI is InChI=1S/C13H22N2O5S/c1-20-12(18)9-3-6-15(7-4-9)13(19)14-10(11(16)17)5-8-21-2/h9-10H,3-8H2,1-2H3,(H,14,19)(H,16,17)/t10-/m1/s1. The van der Waals surface area contributed by atoms with E-state index in [1.165, 1.54) is 18.9 Å². The van der Waals surface area contributed by atoms with Gasteiger partial charge in [0.2, 0.25) is 0 Å². The number of likely N-dealkylation sites (tertiary alicyclic amines) is 1. The third-order valence-corrected chi connectivity index (χ3v) is 4.17. The molecular formula is C13H22N2O5S. The summed E-state index contributed by atoms with van der Waals surface area (Å²) in [4.78, 5) is 36.1. The molecule has 7 nitrogen and oxygen atoms in total. The van der Waals surface area contributed by atoms with Crippen LogP contribution in [0.15, 0.2) is 0 Å². The van der Waals surface area contributed by atoms with E-state index in [0.29, 0.717) is 38.1 Å². The van der Waals surface area contributed by atoms with Gasteiger partial charge in [-0.1, -0.05) is 0 Å². The Bertz CT molecular complexity index is 383. The molecule has 0 aromatic carbocycles. The summed E-state index contributed by atoms with van der Waals surface area (Å²) in [6, 6.07) is -1.25. The number of carboxylic acids is 1. The molecule has 2 N–H and O–H groups in total. The van der Waals surface area contributed by atoms with E-state index in [2.05, 4.69) is 10.1 Å². The lowest BCUT2D eigenvalue weighted by molar-refractivity contribution is -0.146. The van der Waals surface area contributed by atoms with E-state index in [9.17, 15) is 14.4 Å². The number of piperidine rings is 1. The van der Waals surface area contributed by atoms with Gasteiger partial charge in [-0.15, -0.1) is 0 Å². The number of carbonyl (C=O) groups excluding carboxylic acids is 2. The van der Waals surface area contributed by atoms with Crippen molar-refractivity contribution < 1.29 is 24.2 Å². The zero-order valence-corrected chi connectivity index (χ0v) is 13.1. The topological polar surface area (TPSA) is 95.9 Å². The van der Waals surface area contributed by atoms with E-state index in [1.54, 1.807) is 4.90 Å². The van der Waals surface area contributed by atoms with Crippen molar-refractivity contribution in [2.24, 2.45) is 5.92 Å². The number of esters is 1. The molecule has 1 saturated heterocycles. The molecule has 0 unspecified atom stereocenters. The highest BCUT2D eigenvalue weighted by Crippen LogP contribution is 2.18. The SMILES string of the molecule is COC(=O)C1CCN(C(=O)N[C@H](CCSC)C(=O)O)CC1. The Kier molecular flexibility index (Phi) is 7.35. The molecule has 21 heavy (non-hydrogen) atoms. The van der Waals surface area contributed by atoms with Crippen LogP contribution in [0.5, 0.6) is 0 Å². The van der Waals surface area contributed by atoms with Crippen LogP contribution in [0, 0.1) is 5.92 Å². The Labute approximate surface area is 128 Å². The van der Waals surface area contributed by atoms with E-state index in [-0.39, 0.29) is 17.9 Å². The van der Waals surface area contributed by atoms with Gasteiger partial charge in [-0.25, -0.2) is 9.59 Å². The van der Waals surface area contributed by atoms with Crippen molar-refractivity contribution >= 4 is 29.7 Å². The van der Waals surface area contributed by atoms with Crippen molar-refractivity contribution in [3.05, 3.63) is 0 Å². The van der Waals surface area contributed by atoms with Crippen molar-refractivity contribution in [3.63, 3.8) is 0 Å². The second-order valence-corrected chi connectivity index (χ2v) is 5.89. The maximum absolute atomic E-state index is 12.1.